The van der Waals surface area contributed by atoms with Gasteiger partial charge in [-0.2, -0.15) is 0 Å². The molecule has 0 unspecified atom stereocenters. The Labute approximate surface area is 142 Å². The highest BCUT2D eigenvalue weighted by Gasteiger charge is 2.26. The lowest BCUT2D eigenvalue weighted by atomic mass is 9.89. The lowest BCUT2D eigenvalue weighted by molar-refractivity contribution is -0.698. The number of fused-ring (bicyclic) bond motifs is 1. The van der Waals surface area contributed by atoms with E-state index in [4.69, 9.17) is 14.2 Å². The predicted octanol–water partition coefficient (Wildman–Crippen LogP) is 1.82. The Morgan fingerprint density at radius 2 is 1.71 bits per heavy atom. The molecule has 0 aromatic heterocycles. The molecule has 0 aliphatic carbocycles. The molecule has 0 saturated heterocycles. The van der Waals surface area contributed by atoms with Gasteiger partial charge in [0.2, 0.25) is 0 Å². The number of phenolic OH excluding ortho intramolecular Hbond substituents is 1. The van der Waals surface area contributed by atoms with Crippen LogP contribution >= 0.6 is 0 Å². The third-order valence-electron chi connectivity index (χ3n) is 4.61. The molecule has 1 aliphatic heterocycles. The van der Waals surface area contributed by atoms with Gasteiger partial charge in [-0.15, -0.1) is 0 Å². The van der Waals surface area contributed by atoms with Gasteiger partial charge in [0.15, 0.2) is 23.0 Å². The molecule has 2 aromatic rings. The van der Waals surface area contributed by atoms with E-state index in [-0.39, 0.29) is 5.75 Å². The molecular weight excluding hydrogens is 306 g/mol. The Morgan fingerprint density at radius 3 is 2.38 bits per heavy atom. The maximum absolute atomic E-state index is 9.99. The van der Waals surface area contributed by atoms with E-state index in [0.717, 1.165) is 36.4 Å². The zero-order valence-electron chi connectivity index (χ0n) is 14.3. The van der Waals surface area contributed by atoms with Crippen LogP contribution in [0.4, 0.5) is 0 Å². The number of methoxy groups -OCH3 is 3. The highest BCUT2D eigenvalue weighted by molar-refractivity contribution is 5.49. The van der Waals surface area contributed by atoms with Crippen LogP contribution in [0.1, 0.15) is 22.7 Å². The average Bonchev–Trinajstić information content (AvgIpc) is 2.61. The van der Waals surface area contributed by atoms with Crippen molar-refractivity contribution in [3.05, 3.63) is 47.0 Å². The lowest BCUT2D eigenvalue weighted by Crippen LogP contribution is -2.87. The van der Waals surface area contributed by atoms with Crippen molar-refractivity contribution in [1.29, 1.82) is 0 Å². The summed E-state index contributed by atoms with van der Waals surface area (Å²) in [4.78, 5) is 0. The first-order valence-corrected chi connectivity index (χ1v) is 8.10. The molecule has 24 heavy (non-hydrogen) atoms. The van der Waals surface area contributed by atoms with Crippen molar-refractivity contribution in [3.63, 3.8) is 0 Å². The van der Waals surface area contributed by atoms with Crippen molar-refractivity contribution in [2.75, 3.05) is 27.9 Å². The van der Waals surface area contributed by atoms with Gasteiger partial charge in [-0.1, -0.05) is 6.07 Å². The highest BCUT2D eigenvalue weighted by Crippen LogP contribution is 2.35. The van der Waals surface area contributed by atoms with Crippen molar-refractivity contribution in [2.24, 2.45) is 0 Å². The van der Waals surface area contributed by atoms with Crippen LogP contribution in [0.15, 0.2) is 30.3 Å². The van der Waals surface area contributed by atoms with Crippen LogP contribution in [-0.2, 0) is 12.8 Å². The molecule has 3 N–H and O–H groups in total. The quantitative estimate of drug-likeness (QED) is 0.878. The molecule has 0 fully saturated rings. The minimum atomic E-state index is 0.179. The maximum atomic E-state index is 9.99. The minimum absolute atomic E-state index is 0.179. The van der Waals surface area contributed by atoms with Crippen molar-refractivity contribution in [2.45, 2.75) is 18.9 Å². The van der Waals surface area contributed by atoms with Crippen LogP contribution in [-0.4, -0.2) is 33.0 Å². The van der Waals surface area contributed by atoms with Gasteiger partial charge in [-0.25, -0.2) is 0 Å². The van der Waals surface area contributed by atoms with E-state index >= 15 is 0 Å². The normalized spacial score (nSPS) is 16.4. The SMILES string of the molecule is COc1ccc(C[C@@H]2[NH2+]CCc3cc(OC)c(OC)cc32)cc1O. The largest absolute Gasteiger partial charge is 0.504 e. The molecular formula is C19H24NO4+. The van der Waals surface area contributed by atoms with Gasteiger partial charge >= 0.3 is 0 Å². The van der Waals surface area contributed by atoms with Crippen LogP contribution in [0.5, 0.6) is 23.0 Å². The second-order valence-electron chi connectivity index (χ2n) is 6.00. The summed E-state index contributed by atoms with van der Waals surface area (Å²) < 4.78 is 16.0. The van der Waals surface area contributed by atoms with E-state index < -0.39 is 0 Å². The second-order valence-corrected chi connectivity index (χ2v) is 6.00. The van der Waals surface area contributed by atoms with E-state index in [0.29, 0.717) is 11.8 Å². The maximum Gasteiger partial charge on any atom is 0.161 e. The first kappa shape index (κ1) is 16.5. The Bertz CT molecular complexity index is 730. The molecule has 0 radical (unpaired) electrons. The molecule has 0 bridgehead atoms. The standard InChI is InChI=1S/C19H23NO4/c1-22-17-5-4-12(9-16(17)21)8-15-14-11-19(24-3)18(23-2)10-13(14)6-7-20-15/h4-5,9-11,15,20-21H,6-8H2,1-3H3/p+1/t15-/m0/s1. The van der Waals surface area contributed by atoms with Crippen LogP contribution < -0.4 is 19.5 Å². The number of aromatic hydroxyl groups is 1. The minimum Gasteiger partial charge on any atom is -0.504 e. The molecule has 3 rings (SSSR count). The van der Waals surface area contributed by atoms with Gasteiger partial charge in [-0.3, -0.25) is 0 Å². The number of hydrogen-bond acceptors (Lipinski definition) is 4. The molecule has 5 heteroatoms. The summed E-state index contributed by atoms with van der Waals surface area (Å²) in [5, 5.41) is 12.3. The smallest absolute Gasteiger partial charge is 0.161 e. The first-order valence-electron chi connectivity index (χ1n) is 8.10. The predicted molar refractivity (Wildman–Crippen MR) is 91.1 cm³/mol. The van der Waals surface area contributed by atoms with Gasteiger partial charge < -0.3 is 24.6 Å². The van der Waals surface area contributed by atoms with Crippen LogP contribution in [0.3, 0.4) is 0 Å². The second kappa shape index (κ2) is 7.01. The number of phenols is 1. The summed E-state index contributed by atoms with van der Waals surface area (Å²) in [5.41, 5.74) is 3.66. The van der Waals surface area contributed by atoms with E-state index in [1.54, 1.807) is 27.4 Å². The van der Waals surface area contributed by atoms with Gasteiger partial charge in [0.1, 0.15) is 6.04 Å². The van der Waals surface area contributed by atoms with Crippen LogP contribution in [0, 0.1) is 0 Å². The summed E-state index contributed by atoms with van der Waals surface area (Å²) in [6.07, 6.45) is 1.85. The molecule has 1 atom stereocenters. The summed E-state index contributed by atoms with van der Waals surface area (Å²) in [5.74, 6) is 2.21. The Morgan fingerprint density at radius 1 is 1.00 bits per heavy atom. The molecule has 0 saturated carbocycles. The number of hydrogen-bond donors (Lipinski definition) is 2. The molecule has 2 aromatic carbocycles. The van der Waals surface area contributed by atoms with E-state index in [1.165, 1.54) is 11.1 Å². The first-order chi connectivity index (χ1) is 11.7. The molecule has 1 heterocycles. The molecule has 5 nitrogen and oxygen atoms in total. The Balaban J connectivity index is 1.90. The zero-order chi connectivity index (χ0) is 17.1. The fourth-order valence-corrected chi connectivity index (χ4v) is 3.38. The number of rotatable bonds is 5. The fourth-order valence-electron chi connectivity index (χ4n) is 3.38. The van der Waals surface area contributed by atoms with Crippen molar-refractivity contribution >= 4 is 0 Å². The van der Waals surface area contributed by atoms with E-state index in [2.05, 4.69) is 17.4 Å². The highest BCUT2D eigenvalue weighted by atomic mass is 16.5. The summed E-state index contributed by atoms with van der Waals surface area (Å²) >= 11 is 0. The Kier molecular flexibility index (Phi) is 4.81. The van der Waals surface area contributed by atoms with Crippen molar-refractivity contribution in [3.8, 4) is 23.0 Å². The van der Waals surface area contributed by atoms with Crippen LogP contribution in [0.2, 0.25) is 0 Å². The number of quaternary nitrogens is 1. The van der Waals surface area contributed by atoms with Gasteiger partial charge in [-0.05, 0) is 35.4 Å². The topological polar surface area (TPSA) is 64.5 Å². The molecule has 0 amide bonds. The Hall–Kier alpha value is -2.40. The summed E-state index contributed by atoms with van der Waals surface area (Å²) in [6, 6.07) is 10.0. The van der Waals surface area contributed by atoms with Gasteiger partial charge in [0, 0.05) is 18.4 Å². The number of ether oxygens (including phenoxy) is 3. The number of benzene rings is 2. The van der Waals surface area contributed by atoms with E-state index in [9.17, 15) is 5.11 Å². The van der Waals surface area contributed by atoms with Crippen molar-refractivity contribution in [1.82, 2.24) is 0 Å². The monoisotopic (exact) mass is 330 g/mol. The molecule has 0 spiro atoms. The van der Waals surface area contributed by atoms with E-state index in [1.807, 2.05) is 12.1 Å². The molecule has 128 valence electrons. The fraction of sp³-hybridized carbons (Fsp3) is 0.368. The summed E-state index contributed by atoms with van der Waals surface area (Å²) in [6.45, 7) is 1.04. The third kappa shape index (κ3) is 3.12. The zero-order valence-corrected chi connectivity index (χ0v) is 14.3. The summed E-state index contributed by atoms with van der Waals surface area (Å²) in [7, 11) is 4.88. The van der Waals surface area contributed by atoms with Gasteiger partial charge in [0.05, 0.1) is 27.9 Å². The number of nitrogens with two attached hydrogens (primary N) is 1. The lowest BCUT2D eigenvalue weighted by Gasteiger charge is -2.25. The average molecular weight is 330 g/mol. The molecule has 1 aliphatic rings. The van der Waals surface area contributed by atoms with Crippen LogP contribution in [0.25, 0.3) is 0 Å². The van der Waals surface area contributed by atoms with Gasteiger partial charge in [0.25, 0.3) is 0 Å². The third-order valence-corrected chi connectivity index (χ3v) is 4.61. The van der Waals surface area contributed by atoms with Crippen molar-refractivity contribution < 1.29 is 24.6 Å².